The Morgan fingerprint density at radius 3 is 2.64 bits per heavy atom. The lowest BCUT2D eigenvalue weighted by molar-refractivity contribution is 0.174. The number of para-hydroxylation sites is 1. The van der Waals surface area contributed by atoms with Crippen LogP contribution in [0.2, 0.25) is 0 Å². The largest absolute Gasteiger partial charge is 0.496 e. The summed E-state index contributed by atoms with van der Waals surface area (Å²) in [6, 6.07) is 23.7. The summed E-state index contributed by atoms with van der Waals surface area (Å²) in [7, 11) is 3.15. The first-order chi connectivity index (χ1) is 21.5. The number of nitrogens with zero attached hydrogens (tertiary/aromatic N) is 3. The fourth-order valence-corrected chi connectivity index (χ4v) is 5.55. The van der Waals surface area contributed by atoms with Crippen molar-refractivity contribution in [3.63, 3.8) is 0 Å². The van der Waals surface area contributed by atoms with Crippen molar-refractivity contribution in [2.45, 2.75) is 6.61 Å². The molecule has 0 atom stereocenters. The van der Waals surface area contributed by atoms with Gasteiger partial charge in [-0.15, -0.1) is 0 Å². The highest BCUT2D eigenvalue weighted by Gasteiger charge is 2.19. The lowest BCUT2D eigenvalue weighted by Gasteiger charge is -2.14. The smallest absolute Gasteiger partial charge is 0.282 e. The predicted molar refractivity (Wildman–Crippen MR) is 168 cm³/mol. The third kappa shape index (κ3) is 5.01. The molecule has 1 aliphatic heterocycles. The number of hydrogen-bond donors (Lipinski definition) is 0. The molecule has 11 heteroatoms. The Hall–Kier alpha value is -5.29. The van der Waals surface area contributed by atoms with Gasteiger partial charge in [0.05, 0.1) is 41.2 Å². The van der Waals surface area contributed by atoms with Gasteiger partial charge >= 0.3 is 0 Å². The summed E-state index contributed by atoms with van der Waals surface area (Å²) in [6.07, 6.45) is 1.56. The van der Waals surface area contributed by atoms with Crippen LogP contribution in [0.3, 0.4) is 0 Å². The van der Waals surface area contributed by atoms with Crippen molar-refractivity contribution in [1.82, 2.24) is 9.66 Å². The molecule has 0 unspecified atom stereocenters. The minimum atomic E-state index is -0.344. The van der Waals surface area contributed by atoms with E-state index in [0.717, 1.165) is 10.9 Å². The number of aromatic nitrogens is 2. The van der Waals surface area contributed by atoms with Gasteiger partial charge in [-0.05, 0) is 81.7 Å². The molecule has 0 aliphatic carbocycles. The number of fused-ring (bicyclic) bond motifs is 3. The Kier molecular flexibility index (Phi) is 7.15. The second kappa shape index (κ2) is 11.4. The molecule has 0 fully saturated rings. The van der Waals surface area contributed by atoms with Crippen LogP contribution in [-0.2, 0) is 6.61 Å². The Balaban J connectivity index is 1.25. The summed E-state index contributed by atoms with van der Waals surface area (Å²) >= 11 is 3.60. The summed E-state index contributed by atoms with van der Waals surface area (Å²) in [5, 5.41) is 5.75. The summed E-state index contributed by atoms with van der Waals surface area (Å²) in [4.78, 5) is 18.4. The molecule has 0 spiro atoms. The summed E-state index contributed by atoms with van der Waals surface area (Å²) in [5.74, 6) is 3.66. The third-order valence-corrected chi connectivity index (χ3v) is 7.70. The maximum atomic E-state index is 13.7. The standard InChI is InChI=1S/C33H24BrN3O7/c1-39-25-8-5-9-26-22(25)15-30(44-26)32-36-24-7-4-3-6-21(24)33(38)37(32)35-16-20-12-23(34)31(29(14-20)40-2)41-17-19-10-11-27-28(13-19)43-18-42-27/h3-16H,17-18H2,1-2H3. The van der Waals surface area contributed by atoms with Crippen molar-refractivity contribution in [1.29, 1.82) is 0 Å². The van der Waals surface area contributed by atoms with Crippen LogP contribution in [0.15, 0.2) is 97.6 Å². The van der Waals surface area contributed by atoms with Gasteiger partial charge in [0, 0.05) is 0 Å². The van der Waals surface area contributed by atoms with Gasteiger partial charge in [0.25, 0.3) is 5.56 Å². The first kappa shape index (κ1) is 27.5. The highest BCUT2D eigenvalue weighted by molar-refractivity contribution is 9.10. The van der Waals surface area contributed by atoms with Gasteiger partial charge in [0.2, 0.25) is 12.6 Å². The second-order valence-electron chi connectivity index (χ2n) is 9.81. The van der Waals surface area contributed by atoms with Crippen LogP contribution in [0.4, 0.5) is 0 Å². The van der Waals surface area contributed by atoms with Crippen molar-refractivity contribution in [2.75, 3.05) is 21.0 Å². The molecule has 220 valence electrons. The van der Waals surface area contributed by atoms with Crippen LogP contribution in [-0.4, -0.2) is 36.9 Å². The lowest BCUT2D eigenvalue weighted by Crippen LogP contribution is -2.20. The maximum Gasteiger partial charge on any atom is 0.282 e. The fourth-order valence-electron chi connectivity index (χ4n) is 4.98. The van der Waals surface area contributed by atoms with Crippen molar-refractivity contribution in [2.24, 2.45) is 5.10 Å². The lowest BCUT2D eigenvalue weighted by atomic mass is 10.2. The van der Waals surface area contributed by atoms with E-state index in [-0.39, 0.29) is 24.8 Å². The van der Waals surface area contributed by atoms with Crippen LogP contribution in [0.25, 0.3) is 33.5 Å². The van der Waals surface area contributed by atoms with E-state index in [0.29, 0.717) is 61.0 Å². The SMILES string of the molecule is COc1cc(C=Nn2c(-c3cc4c(OC)cccc4o3)nc3ccccc3c2=O)cc(Br)c1OCc1ccc2c(c1)OCO2. The van der Waals surface area contributed by atoms with E-state index >= 15 is 0 Å². The average molecular weight is 654 g/mol. The number of rotatable bonds is 8. The molecular formula is C33H24BrN3O7. The molecular weight excluding hydrogens is 630 g/mol. The molecule has 0 N–H and O–H groups in total. The Morgan fingerprint density at radius 2 is 1.77 bits per heavy atom. The number of hydrogen-bond acceptors (Lipinski definition) is 9. The molecule has 10 nitrogen and oxygen atoms in total. The zero-order chi connectivity index (χ0) is 30.2. The van der Waals surface area contributed by atoms with Gasteiger partial charge < -0.3 is 28.1 Å². The van der Waals surface area contributed by atoms with Gasteiger partial charge in [-0.3, -0.25) is 4.79 Å². The summed E-state index contributed by atoms with van der Waals surface area (Å²) in [5.41, 5.74) is 2.35. The van der Waals surface area contributed by atoms with Crippen molar-refractivity contribution in [3.05, 3.63) is 105 Å². The molecule has 2 aromatic heterocycles. The fraction of sp³-hybridized carbons (Fsp3) is 0.121. The predicted octanol–water partition coefficient (Wildman–Crippen LogP) is 6.78. The number of methoxy groups -OCH3 is 2. The van der Waals surface area contributed by atoms with Gasteiger partial charge in [-0.2, -0.15) is 9.78 Å². The minimum absolute atomic E-state index is 0.206. The Morgan fingerprint density at radius 1 is 0.932 bits per heavy atom. The van der Waals surface area contributed by atoms with Crippen LogP contribution in [0.1, 0.15) is 11.1 Å². The zero-order valence-corrected chi connectivity index (χ0v) is 25.2. The molecule has 3 heterocycles. The normalized spacial score (nSPS) is 12.3. The van der Waals surface area contributed by atoms with Gasteiger partial charge in [-0.1, -0.05) is 24.3 Å². The number of furan rings is 1. The molecule has 44 heavy (non-hydrogen) atoms. The number of benzene rings is 4. The van der Waals surface area contributed by atoms with E-state index in [9.17, 15) is 4.79 Å². The van der Waals surface area contributed by atoms with Gasteiger partial charge in [0.15, 0.2) is 28.8 Å². The highest BCUT2D eigenvalue weighted by Crippen LogP contribution is 2.38. The molecule has 4 aromatic carbocycles. The van der Waals surface area contributed by atoms with Crippen molar-refractivity contribution >= 4 is 44.0 Å². The Bertz CT molecular complexity index is 2140. The van der Waals surface area contributed by atoms with Crippen LogP contribution >= 0.6 is 15.9 Å². The molecule has 7 rings (SSSR count). The highest BCUT2D eigenvalue weighted by atomic mass is 79.9. The molecule has 6 aromatic rings. The van der Waals surface area contributed by atoms with Gasteiger partial charge in [-0.25, -0.2) is 4.98 Å². The topological polar surface area (TPSA) is 107 Å². The van der Waals surface area contributed by atoms with Crippen molar-refractivity contribution < 1.29 is 28.1 Å². The second-order valence-corrected chi connectivity index (χ2v) is 10.7. The first-order valence-corrected chi connectivity index (χ1v) is 14.3. The summed E-state index contributed by atoms with van der Waals surface area (Å²) in [6.45, 7) is 0.487. The van der Waals surface area contributed by atoms with Crippen LogP contribution < -0.4 is 29.2 Å². The third-order valence-electron chi connectivity index (χ3n) is 7.11. The zero-order valence-electron chi connectivity index (χ0n) is 23.6. The van der Waals surface area contributed by atoms with E-state index in [1.807, 2.05) is 48.5 Å². The van der Waals surface area contributed by atoms with E-state index in [2.05, 4.69) is 21.0 Å². The maximum absolute atomic E-state index is 13.7. The van der Waals surface area contributed by atoms with E-state index in [1.165, 1.54) is 4.68 Å². The van der Waals surface area contributed by atoms with Crippen LogP contribution in [0.5, 0.6) is 28.7 Å². The monoisotopic (exact) mass is 653 g/mol. The number of halogens is 1. The van der Waals surface area contributed by atoms with E-state index in [1.54, 1.807) is 50.8 Å². The van der Waals surface area contributed by atoms with E-state index in [4.69, 9.17) is 33.1 Å². The van der Waals surface area contributed by atoms with Gasteiger partial charge in [0.1, 0.15) is 17.9 Å². The molecule has 0 amide bonds. The summed E-state index contributed by atoms with van der Waals surface area (Å²) < 4.78 is 36.1. The molecule has 0 bridgehead atoms. The van der Waals surface area contributed by atoms with E-state index < -0.39 is 0 Å². The average Bonchev–Trinajstić information content (AvgIpc) is 3.70. The molecule has 0 saturated carbocycles. The first-order valence-electron chi connectivity index (χ1n) is 13.5. The Labute approximate surface area is 259 Å². The van der Waals surface area contributed by atoms with Crippen LogP contribution in [0, 0.1) is 0 Å². The minimum Gasteiger partial charge on any atom is -0.496 e. The van der Waals surface area contributed by atoms with Crippen molar-refractivity contribution in [3.8, 4) is 40.3 Å². The molecule has 0 radical (unpaired) electrons. The molecule has 1 aliphatic rings. The molecule has 0 saturated heterocycles. The quantitative estimate of drug-likeness (QED) is 0.166. The number of ether oxygens (including phenoxy) is 5.